The van der Waals surface area contributed by atoms with Gasteiger partial charge >= 0.3 is 0 Å². The van der Waals surface area contributed by atoms with Gasteiger partial charge in [-0.05, 0) is 11.1 Å². The van der Waals surface area contributed by atoms with Gasteiger partial charge < -0.3 is 5.73 Å². The Bertz CT molecular complexity index is 384. The number of nitriles is 2. The topological polar surface area (TPSA) is 73.6 Å². The van der Waals surface area contributed by atoms with Crippen LogP contribution in [0.1, 0.15) is 23.6 Å². The van der Waals surface area contributed by atoms with Crippen molar-refractivity contribution in [1.29, 1.82) is 10.5 Å². The second kappa shape index (κ2) is 5.01. The van der Waals surface area contributed by atoms with Crippen molar-refractivity contribution >= 4 is 0 Å². The van der Waals surface area contributed by atoms with Crippen LogP contribution in [-0.2, 0) is 6.42 Å². The highest BCUT2D eigenvalue weighted by atomic mass is 14.6. The first-order valence-electron chi connectivity index (χ1n) is 4.37. The summed E-state index contributed by atoms with van der Waals surface area (Å²) in [6, 6.07) is 11.3. The van der Waals surface area contributed by atoms with Crippen LogP contribution in [0.25, 0.3) is 0 Å². The molecule has 0 radical (unpaired) electrons. The van der Waals surface area contributed by atoms with Crippen molar-refractivity contribution in [3.05, 3.63) is 35.4 Å². The molecule has 3 nitrogen and oxygen atoms in total. The summed E-state index contributed by atoms with van der Waals surface area (Å²) < 4.78 is 0. The normalized spacial score (nSPS) is 11.4. The summed E-state index contributed by atoms with van der Waals surface area (Å²) in [4.78, 5) is 0. The van der Waals surface area contributed by atoms with Gasteiger partial charge in [0.1, 0.15) is 0 Å². The molecule has 2 N–H and O–H groups in total. The Kier molecular flexibility index (Phi) is 3.67. The smallest absolute Gasteiger partial charge is 0.0669 e. The predicted octanol–water partition coefficient (Wildman–Crippen LogP) is 1.67. The minimum absolute atomic E-state index is 0.280. The first-order valence-corrected chi connectivity index (χ1v) is 4.37. The molecule has 1 aromatic rings. The van der Waals surface area contributed by atoms with Crippen LogP contribution >= 0.6 is 0 Å². The van der Waals surface area contributed by atoms with Crippen LogP contribution in [0.15, 0.2) is 24.3 Å². The molecular formula is C11H11N3. The van der Waals surface area contributed by atoms with Crippen molar-refractivity contribution < 1.29 is 0 Å². The molecule has 14 heavy (non-hydrogen) atoms. The first kappa shape index (κ1) is 10.2. The average Bonchev–Trinajstić information content (AvgIpc) is 2.19. The molecule has 0 saturated heterocycles. The fraction of sp³-hybridized carbons (Fsp3) is 0.273. The Labute approximate surface area is 83.4 Å². The standard InChI is InChI=1S/C11H11N3/c12-7-5-9-3-1-2-4-10(9)11(14)6-8-13/h1-4,11H,5-6,14H2. The summed E-state index contributed by atoms with van der Waals surface area (Å²) in [5, 5.41) is 17.1. The van der Waals surface area contributed by atoms with Crippen molar-refractivity contribution in [2.24, 2.45) is 5.73 Å². The molecule has 1 unspecified atom stereocenters. The lowest BCUT2D eigenvalue weighted by Gasteiger charge is -2.11. The van der Waals surface area contributed by atoms with Crippen LogP contribution in [0, 0.1) is 22.7 Å². The van der Waals surface area contributed by atoms with Crippen molar-refractivity contribution in [3.63, 3.8) is 0 Å². The van der Waals surface area contributed by atoms with Crippen LogP contribution in [0.4, 0.5) is 0 Å². The molecule has 0 aliphatic carbocycles. The molecule has 0 spiro atoms. The second-order valence-corrected chi connectivity index (χ2v) is 3.00. The number of hydrogen-bond donors (Lipinski definition) is 1. The fourth-order valence-corrected chi connectivity index (χ4v) is 1.35. The van der Waals surface area contributed by atoms with E-state index >= 15 is 0 Å². The zero-order valence-electron chi connectivity index (χ0n) is 7.77. The molecule has 1 atom stereocenters. The van der Waals surface area contributed by atoms with Gasteiger partial charge in [-0.2, -0.15) is 10.5 Å². The zero-order valence-corrected chi connectivity index (χ0v) is 7.77. The van der Waals surface area contributed by atoms with Crippen molar-refractivity contribution in [2.75, 3.05) is 0 Å². The van der Waals surface area contributed by atoms with Gasteiger partial charge in [-0.15, -0.1) is 0 Å². The van der Waals surface area contributed by atoms with E-state index in [4.69, 9.17) is 16.3 Å². The Morgan fingerprint density at radius 2 is 1.93 bits per heavy atom. The Hall–Kier alpha value is -1.84. The third kappa shape index (κ3) is 2.32. The quantitative estimate of drug-likeness (QED) is 0.778. The van der Waals surface area contributed by atoms with Crippen LogP contribution in [0.2, 0.25) is 0 Å². The lowest BCUT2D eigenvalue weighted by molar-refractivity contribution is 0.740. The van der Waals surface area contributed by atoms with Gasteiger partial charge in [-0.3, -0.25) is 0 Å². The summed E-state index contributed by atoms with van der Waals surface area (Å²) in [5.41, 5.74) is 7.62. The molecule has 0 aliphatic heterocycles. The largest absolute Gasteiger partial charge is 0.323 e. The van der Waals surface area contributed by atoms with Gasteiger partial charge in [-0.1, -0.05) is 24.3 Å². The van der Waals surface area contributed by atoms with Crippen LogP contribution in [0.3, 0.4) is 0 Å². The first-order chi connectivity index (χ1) is 6.79. The maximum absolute atomic E-state index is 8.60. The van der Waals surface area contributed by atoms with Gasteiger partial charge in [0.05, 0.1) is 25.0 Å². The van der Waals surface area contributed by atoms with Crippen LogP contribution < -0.4 is 5.73 Å². The van der Waals surface area contributed by atoms with E-state index in [2.05, 4.69) is 6.07 Å². The molecule has 1 aromatic carbocycles. The minimum atomic E-state index is -0.287. The van der Waals surface area contributed by atoms with Crippen molar-refractivity contribution in [3.8, 4) is 12.1 Å². The van der Waals surface area contributed by atoms with Gasteiger partial charge in [0.2, 0.25) is 0 Å². The Morgan fingerprint density at radius 3 is 2.57 bits per heavy atom. The van der Waals surface area contributed by atoms with E-state index in [1.54, 1.807) is 0 Å². The number of rotatable bonds is 3. The summed E-state index contributed by atoms with van der Waals surface area (Å²) >= 11 is 0. The average molecular weight is 185 g/mol. The monoisotopic (exact) mass is 185 g/mol. The molecule has 0 amide bonds. The number of hydrogen-bond acceptors (Lipinski definition) is 3. The van der Waals surface area contributed by atoms with E-state index in [0.717, 1.165) is 11.1 Å². The number of benzene rings is 1. The van der Waals surface area contributed by atoms with Crippen LogP contribution in [-0.4, -0.2) is 0 Å². The van der Waals surface area contributed by atoms with Gasteiger partial charge in [-0.25, -0.2) is 0 Å². The van der Waals surface area contributed by atoms with Crippen LogP contribution in [0.5, 0.6) is 0 Å². The third-order valence-electron chi connectivity index (χ3n) is 2.04. The maximum atomic E-state index is 8.60. The molecule has 0 bridgehead atoms. The Morgan fingerprint density at radius 1 is 1.21 bits per heavy atom. The van der Waals surface area contributed by atoms with Gasteiger partial charge in [0, 0.05) is 6.04 Å². The number of nitrogens with zero attached hydrogens (tertiary/aromatic N) is 2. The molecule has 3 heteroatoms. The number of nitrogens with two attached hydrogens (primary N) is 1. The lowest BCUT2D eigenvalue weighted by Crippen LogP contribution is -2.11. The molecule has 0 saturated carbocycles. The zero-order chi connectivity index (χ0) is 10.4. The maximum Gasteiger partial charge on any atom is 0.0669 e. The fourth-order valence-electron chi connectivity index (χ4n) is 1.35. The van der Waals surface area contributed by atoms with E-state index < -0.39 is 0 Å². The summed E-state index contributed by atoms with van der Waals surface area (Å²) in [7, 11) is 0. The highest BCUT2D eigenvalue weighted by molar-refractivity contribution is 5.32. The highest BCUT2D eigenvalue weighted by Gasteiger charge is 2.09. The molecule has 0 fully saturated rings. The highest BCUT2D eigenvalue weighted by Crippen LogP contribution is 2.18. The summed E-state index contributed by atoms with van der Waals surface area (Å²) in [6.07, 6.45) is 0.623. The second-order valence-electron chi connectivity index (χ2n) is 3.00. The van der Waals surface area contributed by atoms with E-state index in [-0.39, 0.29) is 12.5 Å². The molecule has 0 aliphatic rings. The molecule has 1 rings (SSSR count). The molecule has 70 valence electrons. The van der Waals surface area contributed by atoms with E-state index in [9.17, 15) is 0 Å². The van der Waals surface area contributed by atoms with Crippen molar-refractivity contribution in [1.82, 2.24) is 0 Å². The van der Waals surface area contributed by atoms with Gasteiger partial charge in [0.15, 0.2) is 0 Å². The minimum Gasteiger partial charge on any atom is -0.323 e. The third-order valence-corrected chi connectivity index (χ3v) is 2.04. The lowest BCUT2D eigenvalue weighted by atomic mass is 9.97. The van der Waals surface area contributed by atoms with Gasteiger partial charge in [0.25, 0.3) is 0 Å². The van der Waals surface area contributed by atoms with E-state index in [1.807, 2.05) is 30.3 Å². The molecular weight excluding hydrogens is 174 g/mol. The van der Waals surface area contributed by atoms with Crippen molar-refractivity contribution in [2.45, 2.75) is 18.9 Å². The summed E-state index contributed by atoms with van der Waals surface area (Å²) in [6.45, 7) is 0. The predicted molar refractivity (Wildman–Crippen MR) is 52.9 cm³/mol. The van der Waals surface area contributed by atoms with E-state index in [0.29, 0.717) is 6.42 Å². The Balaban J connectivity index is 2.96. The SMILES string of the molecule is N#CCc1ccccc1C(N)CC#N. The molecule has 0 aromatic heterocycles. The molecule has 0 heterocycles. The van der Waals surface area contributed by atoms with E-state index in [1.165, 1.54) is 0 Å². The summed E-state index contributed by atoms with van der Waals surface area (Å²) in [5.74, 6) is 0.